The van der Waals surface area contributed by atoms with Crippen molar-refractivity contribution in [1.82, 2.24) is 4.90 Å². The van der Waals surface area contributed by atoms with Gasteiger partial charge >= 0.3 is 0 Å². The van der Waals surface area contributed by atoms with Gasteiger partial charge in [0.25, 0.3) is 5.91 Å². The molecule has 5 heteroatoms. The van der Waals surface area contributed by atoms with Gasteiger partial charge in [-0.1, -0.05) is 0 Å². The highest BCUT2D eigenvalue weighted by atomic mass is 19.1. The molecule has 0 aliphatic carbocycles. The average Bonchev–Trinajstić information content (AvgIpc) is 2.38. The maximum atomic E-state index is 13.7. The van der Waals surface area contributed by atoms with Crippen LogP contribution in [0.5, 0.6) is 5.75 Å². The first-order valence-electron chi connectivity index (χ1n) is 5.68. The predicted octanol–water partition coefficient (Wildman–Crippen LogP) is 1.94. The standard InChI is InChI=1S/C13H18FNO3/c1-15(7-4-8-17-2)13(16)11-6-5-10(18-3)9-12(11)14/h5-6,9H,4,7-8H2,1-3H3. The summed E-state index contributed by atoms with van der Waals surface area (Å²) in [6, 6.07) is 4.21. The topological polar surface area (TPSA) is 38.8 Å². The molecule has 1 aromatic carbocycles. The van der Waals surface area contributed by atoms with E-state index in [1.54, 1.807) is 20.2 Å². The van der Waals surface area contributed by atoms with Crippen LogP contribution in [-0.4, -0.2) is 45.2 Å². The molecule has 4 nitrogen and oxygen atoms in total. The van der Waals surface area contributed by atoms with Crippen LogP contribution in [0.4, 0.5) is 4.39 Å². The van der Waals surface area contributed by atoms with Crippen molar-refractivity contribution in [2.24, 2.45) is 0 Å². The molecule has 0 aromatic heterocycles. The summed E-state index contributed by atoms with van der Waals surface area (Å²) >= 11 is 0. The Kier molecular flexibility index (Phi) is 5.58. The van der Waals surface area contributed by atoms with E-state index in [9.17, 15) is 9.18 Å². The third-order valence-corrected chi connectivity index (χ3v) is 2.60. The van der Waals surface area contributed by atoms with Gasteiger partial charge in [0.1, 0.15) is 11.6 Å². The number of amides is 1. The molecule has 0 spiro atoms. The van der Waals surface area contributed by atoms with Crippen LogP contribution in [0.3, 0.4) is 0 Å². The molecule has 100 valence electrons. The van der Waals surface area contributed by atoms with Gasteiger partial charge in [0.05, 0.1) is 12.7 Å². The number of nitrogens with zero attached hydrogens (tertiary/aromatic N) is 1. The molecule has 18 heavy (non-hydrogen) atoms. The van der Waals surface area contributed by atoms with E-state index in [0.29, 0.717) is 18.9 Å². The largest absolute Gasteiger partial charge is 0.497 e. The van der Waals surface area contributed by atoms with E-state index in [2.05, 4.69) is 0 Å². The lowest BCUT2D eigenvalue weighted by molar-refractivity contribution is 0.0774. The second-order valence-electron chi connectivity index (χ2n) is 3.92. The third kappa shape index (κ3) is 3.70. The lowest BCUT2D eigenvalue weighted by Gasteiger charge is -2.17. The molecule has 1 amide bonds. The number of carbonyl (C=O) groups is 1. The maximum Gasteiger partial charge on any atom is 0.256 e. The molecular formula is C13H18FNO3. The van der Waals surface area contributed by atoms with E-state index < -0.39 is 5.82 Å². The highest BCUT2D eigenvalue weighted by Crippen LogP contribution is 2.17. The number of carbonyl (C=O) groups excluding carboxylic acids is 1. The minimum atomic E-state index is -0.571. The molecule has 1 aromatic rings. The molecule has 0 atom stereocenters. The zero-order valence-electron chi connectivity index (χ0n) is 10.9. The minimum Gasteiger partial charge on any atom is -0.497 e. The molecule has 0 aliphatic rings. The fourth-order valence-corrected chi connectivity index (χ4v) is 1.55. The Morgan fingerprint density at radius 2 is 2.11 bits per heavy atom. The number of rotatable bonds is 6. The number of hydrogen-bond acceptors (Lipinski definition) is 3. The summed E-state index contributed by atoms with van der Waals surface area (Å²) in [5, 5.41) is 0. The van der Waals surface area contributed by atoms with Crippen molar-refractivity contribution in [1.29, 1.82) is 0 Å². The summed E-state index contributed by atoms with van der Waals surface area (Å²) in [5.74, 6) is -0.518. The van der Waals surface area contributed by atoms with Crippen molar-refractivity contribution in [3.05, 3.63) is 29.6 Å². The Morgan fingerprint density at radius 1 is 1.39 bits per heavy atom. The zero-order chi connectivity index (χ0) is 13.5. The molecule has 0 bridgehead atoms. The van der Waals surface area contributed by atoms with E-state index in [0.717, 1.165) is 6.42 Å². The summed E-state index contributed by atoms with van der Waals surface area (Å²) in [6.07, 6.45) is 0.719. The van der Waals surface area contributed by atoms with Gasteiger partial charge in [-0.15, -0.1) is 0 Å². The summed E-state index contributed by atoms with van der Waals surface area (Å²) in [5.41, 5.74) is 0.0516. The van der Waals surface area contributed by atoms with Gasteiger partial charge in [0.15, 0.2) is 0 Å². The normalized spacial score (nSPS) is 10.2. The van der Waals surface area contributed by atoms with Crippen molar-refractivity contribution >= 4 is 5.91 Å². The highest BCUT2D eigenvalue weighted by Gasteiger charge is 2.16. The van der Waals surface area contributed by atoms with E-state index in [-0.39, 0.29) is 11.5 Å². The van der Waals surface area contributed by atoms with Crippen LogP contribution in [0.15, 0.2) is 18.2 Å². The molecule has 0 unspecified atom stereocenters. The maximum absolute atomic E-state index is 13.7. The first-order chi connectivity index (χ1) is 8.60. The minimum absolute atomic E-state index is 0.0516. The fraction of sp³-hybridized carbons (Fsp3) is 0.462. The molecule has 0 N–H and O–H groups in total. The average molecular weight is 255 g/mol. The summed E-state index contributed by atoms with van der Waals surface area (Å²) in [7, 11) is 4.69. The van der Waals surface area contributed by atoms with Crippen molar-refractivity contribution in [3.63, 3.8) is 0 Å². The first kappa shape index (κ1) is 14.4. The SMILES string of the molecule is COCCCN(C)C(=O)c1ccc(OC)cc1F. The summed E-state index contributed by atoms with van der Waals surface area (Å²) in [4.78, 5) is 13.4. The molecule has 0 aliphatic heterocycles. The van der Waals surface area contributed by atoms with Crippen LogP contribution in [0.2, 0.25) is 0 Å². The fourth-order valence-electron chi connectivity index (χ4n) is 1.55. The van der Waals surface area contributed by atoms with Crippen LogP contribution < -0.4 is 4.74 Å². The van der Waals surface area contributed by atoms with Gasteiger partial charge in [0, 0.05) is 33.4 Å². The van der Waals surface area contributed by atoms with Gasteiger partial charge in [-0.05, 0) is 18.6 Å². The summed E-state index contributed by atoms with van der Waals surface area (Å²) in [6.45, 7) is 1.10. The van der Waals surface area contributed by atoms with E-state index >= 15 is 0 Å². The van der Waals surface area contributed by atoms with Gasteiger partial charge in [-0.3, -0.25) is 4.79 Å². The Bertz CT molecular complexity index is 409. The van der Waals surface area contributed by atoms with Crippen LogP contribution in [0.1, 0.15) is 16.8 Å². The van der Waals surface area contributed by atoms with Gasteiger partial charge in [0.2, 0.25) is 0 Å². The Hall–Kier alpha value is -1.62. The van der Waals surface area contributed by atoms with Crippen LogP contribution in [0, 0.1) is 5.82 Å². The second-order valence-corrected chi connectivity index (χ2v) is 3.92. The van der Waals surface area contributed by atoms with Crippen LogP contribution >= 0.6 is 0 Å². The van der Waals surface area contributed by atoms with Crippen LogP contribution in [0.25, 0.3) is 0 Å². The van der Waals surface area contributed by atoms with Crippen molar-refractivity contribution in [2.75, 3.05) is 34.4 Å². The van der Waals surface area contributed by atoms with E-state index in [1.807, 2.05) is 0 Å². The number of benzene rings is 1. The highest BCUT2D eigenvalue weighted by molar-refractivity contribution is 5.94. The smallest absolute Gasteiger partial charge is 0.256 e. The Labute approximate surface area is 106 Å². The monoisotopic (exact) mass is 255 g/mol. The van der Waals surface area contributed by atoms with Crippen molar-refractivity contribution < 1.29 is 18.7 Å². The predicted molar refractivity (Wildman–Crippen MR) is 66.4 cm³/mol. The molecule has 0 heterocycles. The van der Waals surface area contributed by atoms with Crippen molar-refractivity contribution in [3.8, 4) is 5.75 Å². The Balaban J connectivity index is 2.71. The molecule has 1 rings (SSSR count). The molecule has 0 saturated carbocycles. The number of ether oxygens (including phenoxy) is 2. The first-order valence-corrected chi connectivity index (χ1v) is 5.68. The van der Waals surface area contributed by atoms with E-state index in [1.165, 1.54) is 24.1 Å². The van der Waals surface area contributed by atoms with Gasteiger partial charge in [-0.2, -0.15) is 0 Å². The van der Waals surface area contributed by atoms with Crippen LogP contribution in [-0.2, 0) is 4.74 Å². The summed E-state index contributed by atoms with van der Waals surface area (Å²) < 4.78 is 23.5. The number of hydrogen-bond donors (Lipinski definition) is 0. The quantitative estimate of drug-likeness (QED) is 0.729. The molecular weight excluding hydrogens is 237 g/mol. The van der Waals surface area contributed by atoms with Crippen molar-refractivity contribution in [2.45, 2.75) is 6.42 Å². The molecule has 0 radical (unpaired) electrons. The Morgan fingerprint density at radius 3 is 2.67 bits per heavy atom. The zero-order valence-corrected chi connectivity index (χ0v) is 10.9. The molecule has 0 fully saturated rings. The van der Waals surface area contributed by atoms with Gasteiger partial charge < -0.3 is 14.4 Å². The lowest BCUT2D eigenvalue weighted by atomic mass is 10.1. The second kappa shape index (κ2) is 6.96. The lowest BCUT2D eigenvalue weighted by Crippen LogP contribution is -2.29. The molecule has 0 saturated heterocycles. The number of methoxy groups -OCH3 is 2. The van der Waals surface area contributed by atoms with E-state index in [4.69, 9.17) is 9.47 Å². The third-order valence-electron chi connectivity index (χ3n) is 2.60. The van der Waals surface area contributed by atoms with Gasteiger partial charge in [-0.25, -0.2) is 4.39 Å². The number of halogens is 1.